The first-order valence-electron chi connectivity index (χ1n) is 21.4. The van der Waals surface area contributed by atoms with E-state index in [9.17, 15) is 0 Å². The first-order chi connectivity index (χ1) is 26.9. The average Bonchev–Trinajstić information content (AvgIpc) is 3.51. The maximum Gasteiger partial charge on any atom is 0.0557 e. The Morgan fingerprint density at radius 2 is 1.37 bits per heavy atom. The van der Waals surface area contributed by atoms with Gasteiger partial charge >= 0.3 is 0 Å². The van der Waals surface area contributed by atoms with Crippen LogP contribution in [0.5, 0.6) is 0 Å². The molecule has 1 heteroatoms. The van der Waals surface area contributed by atoms with E-state index in [1.54, 1.807) is 0 Å². The minimum absolute atomic E-state index is 0.00633. The average molecular weight is 768 g/mol. The zero-order valence-corrected chi connectivity index (χ0v) is 40.0. The molecule has 0 saturated carbocycles. The molecule has 310 valence electrons. The Balaban J connectivity index is 0.00000100. The third-order valence-corrected chi connectivity index (χ3v) is 9.76. The van der Waals surface area contributed by atoms with E-state index in [4.69, 9.17) is 0 Å². The van der Waals surface area contributed by atoms with E-state index >= 15 is 0 Å². The zero-order valence-electron chi connectivity index (χ0n) is 40.0. The van der Waals surface area contributed by atoms with Crippen molar-refractivity contribution in [2.45, 2.75) is 149 Å². The van der Waals surface area contributed by atoms with Crippen molar-refractivity contribution in [1.29, 1.82) is 0 Å². The molecule has 0 spiro atoms. The van der Waals surface area contributed by atoms with Crippen LogP contribution in [0, 0.1) is 12.8 Å². The minimum Gasteiger partial charge on any atom is -0.257 e. The van der Waals surface area contributed by atoms with Gasteiger partial charge in [-0.15, -0.1) is 0 Å². The molecule has 1 nitrogen and oxygen atoms in total. The van der Waals surface area contributed by atoms with Gasteiger partial charge in [0.1, 0.15) is 0 Å². The van der Waals surface area contributed by atoms with Gasteiger partial charge in [-0.3, -0.25) is 4.99 Å². The fourth-order valence-electron chi connectivity index (χ4n) is 7.09. The van der Waals surface area contributed by atoms with Gasteiger partial charge in [-0.1, -0.05) is 180 Å². The first-order valence-corrected chi connectivity index (χ1v) is 21.4. The lowest BCUT2D eigenvalue weighted by molar-refractivity contribution is 0.643. The monoisotopic (exact) mass is 768 g/mol. The van der Waals surface area contributed by atoms with Gasteiger partial charge in [-0.25, -0.2) is 0 Å². The van der Waals surface area contributed by atoms with Crippen molar-refractivity contribution >= 4 is 17.4 Å². The Morgan fingerprint density at radius 3 is 1.91 bits per heavy atom. The van der Waals surface area contributed by atoms with Crippen LogP contribution in [-0.4, -0.2) is 6.21 Å². The number of benzene rings is 2. The first kappa shape index (κ1) is 52.5. The minimum atomic E-state index is -0.00793. The van der Waals surface area contributed by atoms with Crippen molar-refractivity contribution in [3.8, 4) is 11.1 Å². The lowest BCUT2D eigenvalue weighted by Crippen LogP contribution is -2.19. The van der Waals surface area contributed by atoms with E-state index < -0.39 is 0 Å². The molecule has 0 fully saturated rings. The number of aryl methyl sites for hydroxylation is 1. The fourth-order valence-corrected chi connectivity index (χ4v) is 7.09. The molecule has 0 atom stereocenters. The SMILES string of the molecule is C=C(/C=C\C=C/C)N=C/C(C)=C\C/C(C)=C/C=C\C.C=C/C=C(\C)c1cc2c(cc1C)C(C)(C)c1ccc3c(c1-2)C(C)(C)C(/C=C\C)=C3C.CC.CC.CC(C)C. The smallest absolute Gasteiger partial charge is 0.0557 e. The van der Waals surface area contributed by atoms with Crippen LogP contribution in [0.3, 0.4) is 0 Å². The summed E-state index contributed by atoms with van der Waals surface area (Å²) in [5.41, 5.74) is 18.7. The molecule has 0 aromatic heterocycles. The van der Waals surface area contributed by atoms with Crippen molar-refractivity contribution in [1.82, 2.24) is 0 Å². The standard InChI is InChI=1S/C30H34.C18H25N.C4H10.2C2H6/c1-10-12-18(3)22-17-23-26(16-19(22)4)29(6,7)25-15-14-21-20(5)24(13-11-2)30(8,9)28(21)27(23)25;1-6-8-10-12-18(5)19-15-17(4)14-13-16(3)11-9-7-2;1-4(2)3;2*1-2/h10-17H,1H2,2-9H3;6-12,14-15H,5,13H2,1-4H3;4H,1-3H3;2*1-2H3/b13-11-,18-12+;8-6-,9-7-,12-10-,16-11+,17-14-,19-15?;;;. The van der Waals surface area contributed by atoms with Crippen LogP contribution in [0.4, 0.5) is 0 Å². The Bertz CT molecular complexity index is 1910. The van der Waals surface area contributed by atoms with Gasteiger partial charge in [0, 0.05) is 17.0 Å². The summed E-state index contributed by atoms with van der Waals surface area (Å²) in [6, 6.07) is 9.61. The van der Waals surface area contributed by atoms with Crippen LogP contribution in [0.2, 0.25) is 0 Å². The third-order valence-electron chi connectivity index (χ3n) is 9.76. The van der Waals surface area contributed by atoms with Gasteiger partial charge in [0.2, 0.25) is 0 Å². The molecule has 0 bridgehead atoms. The second-order valence-corrected chi connectivity index (χ2v) is 16.1. The summed E-state index contributed by atoms with van der Waals surface area (Å²) in [6.45, 7) is 48.8. The Labute approximate surface area is 353 Å². The number of nitrogens with zero attached hydrogens (tertiary/aromatic N) is 1. The summed E-state index contributed by atoms with van der Waals surface area (Å²) in [5, 5.41) is 0. The van der Waals surface area contributed by atoms with Crippen molar-refractivity contribution in [2.24, 2.45) is 10.9 Å². The summed E-state index contributed by atoms with van der Waals surface area (Å²) in [7, 11) is 0. The fraction of sp³-hybridized carbons (Fsp3) is 0.411. The molecule has 0 saturated heterocycles. The van der Waals surface area contributed by atoms with Gasteiger partial charge < -0.3 is 0 Å². The highest BCUT2D eigenvalue weighted by atomic mass is 14.7. The highest BCUT2D eigenvalue weighted by molar-refractivity contribution is 5.94. The molecule has 4 rings (SSSR count). The summed E-state index contributed by atoms with van der Waals surface area (Å²) in [6.07, 6.45) is 27.4. The van der Waals surface area contributed by atoms with Crippen LogP contribution in [0.1, 0.15) is 164 Å². The maximum atomic E-state index is 4.29. The summed E-state index contributed by atoms with van der Waals surface area (Å²) < 4.78 is 0. The number of rotatable bonds is 10. The van der Waals surface area contributed by atoms with Crippen molar-refractivity contribution in [3.05, 3.63) is 166 Å². The normalized spacial score (nSPS) is 15.5. The molecule has 0 amide bonds. The zero-order chi connectivity index (χ0) is 44.1. The van der Waals surface area contributed by atoms with E-state index in [0.29, 0.717) is 0 Å². The Hall–Kier alpha value is -4.49. The van der Waals surface area contributed by atoms with Crippen LogP contribution < -0.4 is 0 Å². The second kappa shape index (κ2) is 25.7. The number of hydrogen-bond donors (Lipinski definition) is 0. The van der Waals surface area contributed by atoms with E-state index in [0.717, 1.165) is 23.6 Å². The van der Waals surface area contributed by atoms with Crippen molar-refractivity contribution in [2.75, 3.05) is 0 Å². The molecule has 2 aromatic rings. The molecule has 0 unspecified atom stereocenters. The van der Waals surface area contributed by atoms with Crippen LogP contribution in [-0.2, 0) is 10.8 Å². The van der Waals surface area contributed by atoms with Gasteiger partial charge in [-0.05, 0) is 147 Å². The highest BCUT2D eigenvalue weighted by Gasteiger charge is 2.44. The molecule has 0 radical (unpaired) electrons. The topological polar surface area (TPSA) is 12.4 Å². The molecular formula is C56H81N. The van der Waals surface area contributed by atoms with Crippen molar-refractivity contribution < 1.29 is 0 Å². The van der Waals surface area contributed by atoms with E-state index in [1.165, 1.54) is 66.8 Å². The highest BCUT2D eigenvalue weighted by Crippen LogP contribution is 2.58. The Morgan fingerprint density at radius 1 is 0.772 bits per heavy atom. The lowest BCUT2D eigenvalue weighted by Gasteiger charge is -2.27. The molecule has 2 aliphatic rings. The van der Waals surface area contributed by atoms with E-state index in [-0.39, 0.29) is 10.8 Å². The molecule has 0 N–H and O–H groups in total. The molecular weight excluding hydrogens is 687 g/mol. The van der Waals surface area contributed by atoms with Gasteiger partial charge in [0.05, 0.1) is 5.70 Å². The van der Waals surface area contributed by atoms with Crippen molar-refractivity contribution in [3.63, 3.8) is 0 Å². The second-order valence-electron chi connectivity index (χ2n) is 16.1. The summed E-state index contributed by atoms with van der Waals surface area (Å²) in [4.78, 5) is 4.29. The van der Waals surface area contributed by atoms with Crippen LogP contribution in [0.25, 0.3) is 22.3 Å². The maximum absolute atomic E-state index is 4.29. The summed E-state index contributed by atoms with van der Waals surface area (Å²) >= 11 is 0. The number of allylic oxidation sites excluding steroid dienone is 17. The summed E-state index contributed by atoms with van der Waals surface area (Å²) in [5.74, 6) is 0.833. The molecule has 2 aliphatic carbocycles. The van der Waals surface area contributed by atoms with E-state index in [2.05, 4.69) is 169 Å². The largest absolute Gasteiger partial charge is 0.257 e. The molecule has 2 aromatic carbocycles. The molecule has 0 heterocycles. The third kappa shape index (κ3) is 14.4. The Kier molecular flexibility index (Phi) is 23.7. The quantitative estimate of drug-likeness (QED) is 0.169. The van der Waals surface area contributed by atoms with Gasteiger partial charge in [0.15, 0.2) is 0 Å². The number of fused-ring (bicyclic) bond motifs is 5. The predicted octanol–water partition coefficient (Wildman–Crippen LogP) is 17.8. The lowest BCUT2D eigenvalue weighted by atomic mass is 9.76. The number of hydrogen-bond acceptors (Lipinski definition) is 1. The van der Waals surface area contributed by atoms with E-state index in [1.807, 2.05) is 84.2 Å². The number of aliphatic imine (C=N–C) groups is 1. The van der Waals surface area contributed by atoms with Crippen LogP contribution in [0.15, 0.2) is 138 Å². The predicted molar refractivity (Wildman–Crippen MR) is 265 cm³/mol. The molecule has 57 heavy (non-hydrogen) atoms. The van der Waals surface area contributed by atoms with Gasteiger partial charge in [-0.2, -0.15) is 0 Å². The molecule has 0 aliphatic heterocycles. The van der Waals surface area contributed by atoms with Crippen LogP contribution >= 0.6 is 0 Å². The van der Waals surface area contributed by atoms with Gasteiger partial charge in [0.25, 0.3) is 0 Å².